The minimum atomic E-state index is -0.649. The van der Waals surface area contributed by atoms with Crippen LogP contribution in [0.3, 0.4) is 0 Å². The summed E-state index contributed by atoms with van der Waals surface area (Å²) in [7, 11) is 0. The fourth-order valence-corrected chi connectivity index (χ4v) is 2.00. The van der Waals surface area contributed by atoms with Crippen LogP contribution in [0.1, 0.15) is 56.8 Å². The lowest BCUT2D eigenvalue weighted by atomic mass is 9.96. The Balaban J connectivity index is 2.96. The van der Waals surface area contributed by atoms with Crippen LogP contribution in [0.15, 0.2) is 6.33 Å². The maximum absolute atomic E-state index is 11.4. The number of aryl methyl sites for hydroxylation is 1. The minimum Gasteiger partial charge on any atom is -0.862 e. The highest BCUT2D eigenvalue weighted by atomic mass is 16.3. The van der Waals surface area contributed by atoms with Crippen LogP contribution >= 0.6 is 0 Å². The standard InChI is InChI=1S/C13H20N4O/c1-3-5-6-7-10(13(15)18)12-11(8-14)17(4-2)9-16-12/h9-10H,3-7H2,1-2H3,(H2,15,18)/p-1. The maximum Gasteiger partial charge on any atom is 0.143 e. The topological polar surface area (TPSA) is 88.5 Å². The highest BCUT2D eigenvalue weighted by molar-refractivity contribution is 5.76. The van der Waals surface area contributed by atoms with Crippen molar-refractivity contribution in [2.45, 2.75) is 52.0 Å². The Morgan fingerprint density at radius 1 is 1.56 bits per heavy atom. The van der Waals surface area contributed by atoms with Gasteiger partial charge < -0.3 is 15.1 Å². The number of nitrogens with zero attached hydrogens (tertiary/aromatic N) is 3. The molecule has 5 nitrogen and oxygen atoms in total. The molecule has 0 saturated heterocycles. The Morgan fingerprint density at radius 3 is 2.78 bits per heavy atom. The largest absolute Gasteiger partial charge is 0.862 e. The molecular formula is C13H19N4O-. The van der Waals surface area contributed by atoms with Crippen LogP contribution in [0.5, 0.6) is 0 Å². The van der Waals surface area contributed by atoms with Crippen molar-refractivity contribution in [3.8, 4) is 6.07 Å². The van der Waals surface area contributed by atoms with E-state index in [4.69, 9.17) is 10.7 Å². The predicted molar refractivity (Wildman–Crippen MR) is 67.2 cm³/mol. The van der Waals surface area contributed by atoms with Crippen LogP contribution in [-0.2, 0) is 6.54 Å². The molecular weight excluding hydrogens is 228 g/mol. The highest BCUT2D eigenvalue weighted by Gasteiger charge is 2.19. The summed E-state index contributed by atoms with van der Waals surface area (Å²) >= 11 is 0. The van der Waals surface area contributed by atoms with Gasteiger partial charge in [-0.05, 0) is 19.2 Å². The fourth-order valence-electron chi connectivity index (χ4n) is 2.00. The van der Waals surface area contributed by atoms with Crippen molar-refractivity contribution in [1.29, 1.82) is 10.7 Å². The van der Waals surface area contributed by atoms with E-state index >= 15 is 0 Å². The molecule has 0 spiro atoms. The van der Waals surface area contributed by atoms with Gasteiger partial charge in [-0.1, -0.05) is 26.2 Å². The van der Waals surface area contributed by atoms with Crippen LogP contribution in [-0.4, -0.2) is 15.4 Å². The molecule has 1 heterocycles. The zero-order chi connectivity index (χ0) is 13.5. The van der Waals surface area contributed by atoms with Crippen LogP contribution in [0.2, 0.25) is 0 Å². The quantitative estimate of drug-likeness (QED) is 0.452. The van der Waals surface area contributed by atoms with Crippen LogP contribution in [0.25, 0.3) is 0 Å². The summed E-state index contributed by atoms with van der Waals surface area (Å²) < 4.78 is 1.71. The van der Waals surface area contributed by atoms with Gasteiger partial charge in [0.25, 0.3) is 0 Å². The number of aromatic nitrogens is 2. The normalized spacial score (nSPS) is 12.1. The fraction of sp³-hybridized carbons (Fsp3) is 0.615. The van der Waals surface area contributed by atoms with E-state index in [1.807, 2.05) is 6.92 Å². The molecule has 1 unspecified atom stereocenters. The van der Waals surface area contributed by atoms with Crippen molar-refractivity contribution < 1.29 is 5.11 Å². The molecule has 0 fully saturated rings. The summed E-state index contributed by atoms with van der Waals surface area (Å²) in [6.45, 7) is 4.65. The molecule has 0 aliphatic carbocycles. The van der Waals surface area contributed by atoms with Crippen LogP contribution < -0.4 is 5.11 Å². The molecule has 1 atom stereocenters. The second-order valence-corrected chi connectivity index (χ2v) is 4.29. The molecule has 1 N–H and O–H groups in total. The van der Waals surface area contributed by atoms with Crippen molar-refractivity contribution in [2.75, 3.05) is 0 Å². The first-order valence-corrected chi connectivity index (χ1v) is 6.36. The highest BCUT2D eigenvalue weighted by Crippen LogP contribution is 2.24. The van der Waals surface area contributed by atoms with Crippen molar-refractivity contribution in [2.24, 2.45) is 0 Å². The molecule has 0 bridgehead atoms. The SMILES string of the molecule is CCCCCC(C(=N)[O-])c1ncn(CC)c1C#N. The van der Waals surface area contributed by atoms with Gasteiger partial charge in [0.2, 0.25) is 0 Å². The van der Waals surface area contributed by atoms with E-state index in [0.29, 0.717) is 24.4 Å². The summed E-state index contributed by atoms with van der Waals surface area (Å²) in [6, 6.07) is 2.09. The zero-order valence-electron chi connectivity index (χ0n) is 10.9. The van der Waals surface area contributed by atoms with E-state index < -0.39 is 11.8 Å². The lowest BCUT2D eigenvalue weighted by Crippen LogP contribution is -2.26. The number of nitriles is 1. The lowest BCUT2D eigenvalue weighted by Gasteiger charge is -2.20. The summed E-state index contributed by atoms with van der Waals surface area (Å²) in [5.41, 5.74) is 0.884. The van der Waals surface area contributed by atoms with E-state index in [9.17, 15) is 5.11 Å². The Bertz CT molecular complexity index is 444. The van der Waals surface area contributed by atoms with E-state index in [1.54, 1.807) is 10.9 Å². The number of imidazole rings is 1. The second kappa shape index (κ2) is 6.80. The third-order valence-electron chi connectivity index (χ3n) is 3.06. The number of hydrogen-bond acceptors (Lipinski definition) is 4. The van der Waals surface area contributed by atoms with Gasteiger partial charge in [0.15, 0.2) is 0 Å². The molecule has 18 heavy (non-hydrogen) atoms. The van der Waals surface area contributed by atoms with Gasteiger partial charge in [-0.3, -0.25) is 0 Å². The van der Waals surface area contributed by atoms with E-state index in [-0.39, 0.29) is 0 Å². The van der Waals surface area contributed by atoms with Crippen LogP contribution in [0, 0.1) is 16.7 Å². The summed E-state index contributed by atoms with van der Waals surface area (Å²) in [5.74, 6) is -1.21. The van der Waals surface area contributed by atoms with Gasteiger partial charge in [-0.15, -0.1) is 0 Å². The zero-order valence-corrected chi connectivity index (χ0v) is 10.9. The number of hydrogen-bond donors (Lipinski definition) is 1. The smallest absolute Gasteiger partial charge is 0.143 e. The molecule has 5 heteroatoms. The average molecular weight is 247 g/mol. The number of nitrogens with one attached hydrogen (secondary N) is 1. The Labute approximate surface area is 108 Å². The number of unbranched alkanes of at least 4 members (excludes halogenated alkanes) is 2. The van der Waals surface area contributed by atoms with Gasteiger partial charge in [0, 0.05) is 12.5 Å². The molecule has 0 aromatic carbocycles. The van der Waals surface area contributed by atoms with Crippen LogP contribution in [0.4, 0.5) is 0 Å². The number of rotatable bonds is 7. The van der Waals surface area contributed by atoms with Crippen molar-refractivity contribution in [1.82, 2.24) is 9.55 Å². The van der Waals surface area contributed by atoms with Gasteiger partial charge >= 0.3 is 0 Å². The molecule has 1 aromatic rings. The molecule has 98 valence electrons. The Hall–Kier alpha value is -1.83. The molecule has 1 aromatic heterocycles. The first-order chi connectivity index (χ1) is 8.65. The van der Waals surface area contributed by atoms with E-state index in [1.165, 1.54) is 0 Å². The summed E-state index contributed by atoms with van der Waals surface area (Å²) in [6.07, 6.45) is 5.15. The molecule has 0 amide bonds. The van der Waals surface area contributed by atoms with Gasteiger partial charge in [-0.25, -0.2) is 4.98 Å². The van der Waals surface area contributed by atoms with E-state index in [2.05, 4.69) is 18.0 Å². The van der Waals surface area contributed by atoms with Crippen molar-refractivity contribution >= 4 is 5.90 Å². The molecule has 0 aliphatic rings. The minimum absolute atomic E-state index is 0.416. The Morgan fingerprint density at radius 2 is 2.28 bits per heavy atom. The lowest BCUT2D eigenvalue weighted by molar-refractivity contribution is -0.222. The van der Waals surface area contributed by atoms with E-state index in [0.717, 1.165) is 19.3 Å². The predicted octanol–water partition coefficient (Wildman–Crippen LogP) is 1.78. The average Bonchev–Trinajstić information content (AvgIpc) is 2.76. The Kier molecular flexibility index (Phi) is 5.37. The molecule has 0 radical (unpaired) electrons. The summed E-state index contributed by atoms with van der Waals surface area (Å²) in [4.78, 5) is 4.16. The maximum atomic E-state index is 11.4. The summed E-state index contributed by atoms with van der Waals surface area (Å²) in [5, 5.41) is 27.9. The third-order valence-corrected chi connectivity index (χ3v) is 3.06. The van der Waals surface area contributed by atoms with Gasteiger partial charge in [0.1, 0.15) is 11.8 Å². The monoisotopic (exact) mass is 247 g/mol. The van der Waals surface area contributed by atoms with Gasteiger partial charge in [-0.2, -0.15) is 5.26 Å². The first-order valence-electron chi connectivity index (χ1n) is 6.36. The van der Waals surface area contributed by atoms with Gasteiger partial charge in [0.05, 0.1) is 12.0 Å². The molecule has 0 aliphatic heterocycles. The molecule has 1 rings (SSSR count). The third kappa shape index (κ3) is 3.10. The second-order valence-electron chi connectivity index (χ2n) is 4.29. The van der Waals surface area contributed by atoms with Crippen molar-refractivity contribution in [3.63, 3.8) is 0 Å². The first kappa shape index (κ1) is 14.2. The van der Waals surface area contributed by atoms with Crippen molar-refractivity contribution in [3.05, 3.63) is 17.7 Å². The molecule has 0 saturated carbocycles.